The summed E-state index contributed by atoms with van der Waals surface area (Å²) in [5, 5.41) is 8.68. The van der Waals surface area contributed by atoms with E-state index < -0.39 is 5.97 Å². The van der Waals surface area contributed by atoms with Gasteiger partial charge < -0.3 is 9.94 Å². The SMILES string of the molecule is CNOc1ccccc1C(=O)O. The van der Waals surface area contributed by atoms with Crippen LogP contribution < -0.4 is 10.3 Å². The molecule has 0 amide bonds. The first kappa shape index (κ1) is 8.55. The Kier molecular flexibility index (Phi) is 2.66. The average molecular weight is 167 g/mol. The summed E-state index contributed by atoms with van der Waals surface area (Å²) in [5.41, 5.74) is 2.56. The fourth-order valence-electron chi connectivity index (χ4n) is 0.842. The first-order valence-electron chi connectivity index (χ1n) is 3.41. The van der Waals surface area contributed by atoms with Gasteiger partial charge in [0.1, 0.15) is 5.56 Å². The average Bonchev–Trinajstić information content (AvgIpc) is 2.05. The van der Waals surface area contributed by atoms with E-state index in [1.807, 2.05) is 0 Å². The van der Waals surface area contributed by atoms with Gasteiger partial charge in [-0.25, -0.2) is 4.79 Å². The van der Waals surface area contributed by atoms with Crippen molar-refractivity contribution in [1.29, 1.82) is 0 Å². The van der Waals surface area contributed by atoms with Crippen LogP contribution in [0.2, 0.25) is 0 Å². The van der Waals surface area contributed by atoms with Crippen LogP contribution in [0, 0.1) is 0 Å². The Labute approximate surface area is 69.7 Å². The number of hydrogen-bond acceptors (Lipinski definition) is 3. The number of hydrogen-bond donors (Lipinski definition) is 2. The van der Waals surface area contributed by atoms with Gasteiger partial charge in [-0.3, -0.25) is 0 Å². The van der Waals surface area contributed by atoms with Crippen molar-refractivity contribution in [2.75, 3.05) is 7.05 Å². The molecule has 0 saturated heterocycles. The summed E-state index contributed by atoms with van der Waals surface area (Å²) < 4.78 is 0. The van der Waals surface area contributed by atoms with Crippen molar-refractivity contribution in [2.24, 2.45) is 0 Å². The Hall–Kier alpha value is -1.55. The lowest BCUT2D eigenvalue weighted by Crippen LogP contribution is -2.13. The molecule has 4 heteroatoms. The maximum Gasteiger partial charge on any atom is 0.339 e. The number of carboxylic acids is 1. The van der Waals surface area contributed by atoms with Gasteiger partial charge in [0.15, 0.2) is 5.75 Å². The third kappa shape index (κ3) is 1.73. The van der Waals surface area contributed by atoms with E-state index in [0.29, 0.717) is 5.75 Å². The lowest BCUT2D eigenvalue weighted by Gasteiger charge is -2.04. The summed E-state index contributed by atoms with van der Waals surface area (Å²) >= 11 is 0. The van der Waals surface area contributed by atoms with Crippen LogP contribution in [-0.4, -0.2) is 18.1 Å². The molecule has 64 valence electrons. The van der Waals surface area contributed by atoms with Crippen molar-refractivity contribution in [3.05, 3.63) is 29.8 Å². The molecule has 0 aliphatic carbocycles. The van der Waals surface area contributed by atoms with Crippen LogP contribution >= 0.6 is 0 Å². The van der Waals surface area contributed by atoms with Crippen LogP contribution in [0.1, 0.15) is 10.4 Å². The summed E-state index contributed by atoms with van der Waals surface area (Å²) in [5.74, 6) is -0.687. The molecule has 0 spiro atoms. The molecule has 1 aromatic carbocycles. The molecule has 0 radical (unpaired) electrons. The minimum absolute atomic E-state index is 0.145. The molecule has 12 heavy (non-hydrogen) atoms. The molecule has 0 aromatic heterocycles. The van der Waals surface area contributed by atoms with Crippen LogP contribution in [-0.2, 0) is 0 Å². The normalized spacial score (nSPS) is 9.42. The van der Waals surface area contributed by atoms with Crippen LogP contribution in [0.4, 0.5) is 0 Å². The molecule has 0 aliphatic rings. The molecule has 1 aromatic rings. The smallest absolute Gasteiger partial charge is 0.339 e. The zero-order valence-electron chi connectivity index (χ0n) is 6.57. The zero-order chi connectivity index (χ0) is 8.97. The molecular weight excluding hydrogens is 158 g/mol. The molecule has 0 unspecified atom stereocenters. The summed E-state index contributed by atoms with van der Waals surface area (Å²) in [6.07, 6.45) is 0. The predicted octanol–water partition coefficient (Wildman–Crippen LogP) is 0.898. The molecule has 0 fully saturated rings. The standard InChI is InChI=1S/C8H9NO3/c1-9-12-7-5-3-2-4-6(7)8(10)11/h2-5,9H,1H3,(H,10,11). The molecule has 0 bridgehead atoms. The fourth-order valence-corrected chi connectivity index (χ4v) is 0.842. The van der Waals surface area contributed by atoms with E-state index in [1.165, 1.54) is 6.07 Å². The third-order valence-corrected chi connectivity index (χ3v) is 1.33. The molecule has 0 aliphatic heterocycles. The van der Waals surface area contributed by atoms with Crippen LogP contribution in [0.15, 0.2) is 24.3 Å². The van der Waals surface area contributed by atoms with Crippen molar-refractivity contribution in [1.82, 2.24) is 5.48 Å². The van der Waals surface area contributed by atoms with Gasteiger partial charge in [-0.05, 0) is 12.1 Å². The van der Waals surface area contributed by atoms with Gasteiger partial charge in [0.25, 0.3) is 0 Å². The molecule has 0 atom stereocenters. The number of carboxylic acid groups (broad SMARTS) is 1. The molecule has 0 saturated carbocycles. The lowest BCUT2D eigenvalue weighted by atomic mass is 10.2. The number of benzene rings is 1. The maximum absolute atomic E-state index is 10.6. The van der Waals surface area contributed by atoms with Gasteiger partial charge in [-0.1, -0.05) is 12.1 Å². The van der Waals surface area contributed by atoms with Crippen molar-refractivity contribution in [3.63, 3.8) is 0 Å². The lowest BCUT2D eigenvalue weighted by molar-refractivity contribution is 0.0689. The van der Waals surface area contributed by atoms with Crippen LogP contribution in [0.5, 0.6) is 5.75 Å². The van der Waals surface area contributed by atoms with E-state index in [0.717, 1.165) is 0 Å². The number of hydroxylamine groups is 1. The molecule has 4 nitrogen and oxygen atoms in total. The first-order valence-corrected chi connectivity index (χ1v) is 3.41. The van der Waals surface area contributed by atoms with Gasteiger partial charge >= 0.3 is 5.97 Å². The van der Waals surface area contributed by atoms with Gasteiger partial charge in [-0.2, -0.15) is 5.48 Å². The van der Waals surface area contributed by atoms with Crippen LogP contribution in [0.3, 0.4) is 0 Å². The number of rotatable bonds is 3. The maximum atomic E-state index is 10.6. The Morgan fingerprint density at radius 2 is 2.17 bits per heavy atom. The number of para-hydroxylation sites is 1. The summed E-state index contributed by atoms with van der Waals surface area (Å²) in [6, 6.07) is 6.42. The predicted molar refractivity (Wildman–Crippen MR) is 43.1 cm³/mol. The Morgan fingerprint density at radius 1 is 1.50 bits per heavy atom. The van der Waals surface area contributed by atoms with E-state index >= 15 is 0 Å². The van der Waals surface area contributed by atoms with Gasteiger partial charge in [0, 0.05) is 7.05 Å². The highest BCUT2D eigenvalue weighted by Gasteiger charge is 2.08. The van der Waals surface area contributed by atoms with E-state index in [2.05, 4.69) is 5.48 Å². The van der Waals surface area contributed by atoms with Crippen LogP contribution in [0.25, 0.3) is 0 Å². The molecule has 2 N–H and O–H groups in total. The van der Waals surface area contributed by atoms with E-state index in [-0.39, 0.29) is 5.56 Å². The van der Waals surface area contributed by atoms with Crippen molar-refractivity contribution >= 4 is 5.97 Å². The van der Waals surface area contributed by atoms with Gasteiger partial charge in [-0.15, -0.1) is 0 Å². The minimum atomic E-state index is -0.999. The summed E-state index contributed by atoms with van der Waals surface area (Å²) in [7, 11) is 1.57. The van der Waals surface area contributed by atoms with Crippen molar-refractivity contribution in [3.8, 4) is 5.75 Å². The van der Waals surface area contributed by atoms with E-state index in [9.17, 15) is 4.79 Å². The zero-order valence-corrected chi connectivity index (χ0v) is 6.57. The number of carbonyl (C=O) groups is 1. The Balaban J connectivity index is 3.00. The molecular formula is C8H9NO3. The van der Waals surface area contributed by atoms with E-state index in [1.54, 1.807) is 25.2 Å². The second kappa shape index (κ2) is 3.73. The van der Waals surface area contributed by atoms with Gasteiger partial charge in [0.2, 0.25) is 0 Å². The van der Waals surface area contributed by atoms with Crippen molar-refractivity contribution in [2.45, 2.75) is 0 Å². The fraction of sp³-hybridized carbons (Fsp3) is 0.125. The Bertz CT molecular complexity index is 285. The molecule has 1 rings (SSSR count). The minimum Gasteiger partial charge on any atom is -0.478 e. The highest BCUT2D eigenvalue weighted by Crippen LogP contribution is 2.16. The first-order chi connectivity index (χ1) is 5.75. The summed E-state index contributed by atoms with van der Waals surface area (Å²) in [6.45, 7) is 0. The number of nitrogens with one attached hydrogen (secondary N) is 1. The largest absolute Gasteiger partial charge is 0.478 e. The van der Waals surface area contributed by atoms with Crippen molar-refractivity contribution < 1.29 is 14.7 Å². The quantitative estimate of drug-likeness (QED) is 0.656. The Morgan fingerprint density at radius 3 is 2.75 bits per heavy atom. The van der Waals surface area contributed by atoms with Gasteiger partial charge in [0.05, 0.1) is 0 Å². The monoisotopic (exact) mass is 167 g/mol. The highest BCUT2D eigenvalue weighted by atomic mass is 16.6. The summed E-state index contributed by atoms with van der Waals surface area (Å²) in [4.78, 5) is 15.5. The van der Waals surface area contributed by atoms with E-state index in [4.69, 9.17) is 9.94 Å². The topological polar surface area (TPSA) is 58.6 Å². The third-order valence-electron chi connectivity index (χ3n) is 1.33. The second-order valence-corrected chi connectivity index (χ2v) is 2.11. The number of aromatic carboxylic acids is 1. The molecule has 0 heterocycles. The highest BCUT2D eigenvalue weighted by molar-refractivity contribution is 5.90. The second-order valence-electron chi connectivity index (χ2n) is 2.11.